The van der Waals surface area contributed by atoms with E-state index in [0.717, 1.165) is 16.8 Å². The topological polar surface area (TPSA) is 26.0 Å². The highest BCUT2D eigenvalue weighted by molar-refractivity contribution is 5.75. The molecule has 1 aliphatic rings. The van der Waals surface area contributed by atoms with Gasteiger partial charge in [-0.25, -0.2) is 0 Å². The van der Waals surface area contributed by atoms with Crippen molar-refractivity contribution in [2.75, 3.05) is 5.73 Å². The van der Waals surface area contributed by atoms with Gasteiger partial charge in [0, 0.05) is 11.3 Å². The van der Waals surface area contributed by atoms with Crippen LogP contribution >= 0.6 is 0 Å². The first-order valence-corrected chi connectivity index (χ1v) is 3.85. The molecule has 12 heavy (non-hydrogen) atoms. The standard InChI is InChI=1S/C11H9N/c12-11-8-4-6-9-5-2-1-3-7-10(9)11/h1-2,4-8H,12H2. The van der Waals surface area contributed by atoms with Crippen LogP contribution in [0.4, 0.5) is 5.69 Å². The Morgan fingerprint density at radius 3 is 3.08 bits per heavy atom. The molecule has 0 bridgehead atoms. The minimum Gasteiger partial charge on any atom is -0.398 e. The summed E-state index contributed by atoms with van der Waals surface area (Å²) in [5.74, 6) is 0. The zero-order valence-electron chi connectivity index (χ0n) is 6.62. The van der Waals surface area contributed by atoms with Crippen molar-refractivity contribution in [3.05, 3.63) is 47.2 Å². The summed E-state index contributed by atoms with van der Waals surface area (Å²) >= 11 is 0. The van der Waals surface area contributed by atoms with Crippen molar-refractivity contribution in [3.63, 3.8) is 0 Å². The predicted octanol–water partition coefficient (Wildman–Crippen LogP) is 2.46. The monoisotopic (exact) mass is 155 g/mol. The van der Waals surface area contributed by atoms with Gasteiger partial charge in [-0.1, -0.05) is 24.3 Å². The summed E-state index contributed by atoms with van der Waals surface area (Å²) in [5, 5.41) is 0. The van der Waals surface area contributed by atoms with Crippen molar-refractivity contribution in [1.82, 2.24) is 0 Å². The van der Waals surface area contributed by atoms with Gasteiger partial charge >= 0.3 is 0 Å². The fourth-order valence-corrected chi connectivity index (χ4v) is 1.25. The second-order valence-corrected chi connectivity index (χ2v) is 2.69. The Bertz CT molecular complexity index is 393. The Labute approximate surface area is 71.5 Å². The highest BCUT2D eigenvalue weighted by Crippen LogP contribution is 2.20. The lowest BCUT2D eigenvalue weighted by Gasteiger charge is -2.02. The van der Waals surface area contributed by atoms with Gasteiger partial charge in [-0.05, 0) is 23.8 Å². The lowest BCUT2D eigenvalue weighted by Crippen LogP contribution is -1.90. The largest absolute Gasteiger partial charge is 0.398 e. The normalized spacial score (nSPS) is 12.7. The number of nitrogen functional groups attached to an aromatic ring is 1. The number of benzene rings is 1. The van der Waals surface area contributed by atoms with E-state index in [2.05, 4.69) is 5.73 Å². The molecule has 1 aliphatic carbocycles. The minimum absolute atomic E-state index is 0.806. The molecule has 0 heterocycles. The summed E-state index contributed by atoms with van der Waals surface area (Å²) in [4.78, 5) is 0. The van der Waals surface area contributed by atoms with Crippen molar-refractivity contribution in [2.45, 2.75) is 0 Å². The van der Waals surface area contributed by atoms with E-state index in [1.807, 2.05) is 42.5 Å². The number of hydrogen-bond donors (Lipinski definition) is 1. The third kappa shape index (κ3) is 1.07. The van der Waals surface area contributed by atoms with E-state index in [9.17, 15) is 0 Å². The van der Waals surface area contributed by atoms with Crippen LogP contribution in [0.5, 0.6) is 0 Å². The van der Waals surface area contributed by atoms with Gasteiger partial charge in [0.1, 0.15) is 0 Å². The zero-order chi connectivity index (χ0) is 8.39. The lowest BCUT2D eigenvalue weighted by atomic mass is 10.1. The van der Waals surface area contributed by atoms with Crippen LogP contribution in [-0.2, 0) is 0 Å². The van der Waals surface area contributed by atoms with Gasteiger partial charge in [0.05, 0.1) is 0 Å². The number of hydrogen-bond acceptors (Lipinski definition) is 1. The Hall–Kier alpha value is -1.72. The Balaban J connectivity index is 2.73. The third-order valence-corrected chi connectivity index (χ3v) is 1.87. The Morgan fingerprint density at radius 2 is 2.17 bits per heavy atom. The molecule has 0 atom stereocenters. The highest BCUT2D eigenvalue weighted by atomic mass is 14.6. The fourth-order valence-electron chi connectivity index (χ4n) is 1.25. The van der Waals surface area contributed by atoms with Crippen LogP contribution in [0.3, 0.4) is 0 Å². The van der Waals surface area contributed by atoms with E-state index in [0.29, 0.717) is 0 Å². The second-order valence-electron chi connectivity index (χ2n) is 2.69. The summed E-state index contributed by atoms with van der Waals surface area (Å²) < 4.78 is 0. The van der Waals surface area contributed by atoms with Gasteiger partial charge in [0.2, 0.25) is 0 Å². The van der Waals surface area contributed by atoms with Crippen LogP contribution in [0.15, 0.2) is 36.1 Å². The third-order valence-electron chi connectivity index (χ3n) is 1.87. The second kappa shape index (κ2) is 2.72. The van der Waals surface area contributed by atoms with Crippen LogP contribution < -0.4 is 5.73 Å². The SMILES string of the molecule is Nc1cccc2c1C=C=CC=C2. The highest BCUT2D eigenvalue weighted by Gasteiger charge is 1.99. The fraction of sp³-hybridized carbons (Fsp3) is 0. The van der Waals surface area contributed by atoms with Crippen molar-refractivity contribution in [1.29, 1.82) is 0 Å². The average molecular weight is 155 g/mol. The number of rotatable bonds is 0. The molecule has 58 valence electrons. The van der Waals surface area contributed by atoms with E-state index < -0.39 is 0 Å². The molecule has 0 saturated carbocycles. The summed E-state index contributed by atoms with van der Waals surface area (Å²) in [6, 6.07) is 5.90. The van der Waals surface area contributed by atoms with Crippen molar-refractivity contribution in [2.24, 2.45) is 0 Å². The lowest BCUT2D eigenvalue weighted by molar-refractivity contribution is 1.60. The van der Waals surface area contributed by atoms with Gasteiger partial charge in [-0.15, -0.1) is 5.73 Å². The van der Waals surface area contributed by atoms with Gasteiger partial charge in [0.15, 0.2) is 0 Å². The molecule has 0 aliphatic heterocycles. The molecule has 2 rings (SSSR count). The molecule has 0 aromatic heterocycles. The predicted molar refractivity (Wildman–Crippen MR) is 52.4 cm³/mol. The first kappa shape index (κ1) is 6.96. The van der Waals surface area contributed by atoms with Gasteiger partial charge < -0.3 is 5.73 Å². The molecule has 1 aromatic rings. The average Bonchev–Trinajstić information content (AvgIpc) is 2.30. The van der Waals surface area contributed by atoms with Gasteiger partial charge in [0.25, 0.3) is 0 Å². The van der Waals surface area contributed by atoms with Crippen molar-refractivity contribution >= 4 is 17.8 Å². The minimum atomic E-state index is 0.806. The summed E-state index contributed by atoms with van der Waals surface area (Å²) in [6.45, 7) is 0. The maximum Gasteiger partial charge on any atom is 0.0399 e. The summed E-state index contributed by atoms with van der Waals surface area (Å²) in [6.07, 6.45) is 7.77. The molecular formula is C11H9N. The number of allylic oxidation sites excluding steroid dienone is 2. The smallest absolute Gasteiger partial charge is 0.0399 e. The molecule has 0 radical (unpaired) electrons. The van der Waals surface area contributed by atoms with Crippen LogP contribution in [0, 0.1) is 0 Å². The van der Waals surface area contributed by atoms with Crippen LogP contribution in [0.1, 0.15) is 11.1 Å². The molecule has 1 aromatic carbocycles. The molecule has 0 amide bonds. The number of nitrogens with two attached hydrogens (primary N) is 1. The van der Waals surface area contributed by atoms with E-state index in [1.165, 1.54) is 0 Å². The zero-order valence-corrected chi connectivity index (χ0v) is 6.62. The molecule has 0 saturated heterocycles. The summed E-state index contributed by atoms with van der Waals surface area (Å²) in [5.41, 5.74) is 11.8. The number of fused-ring (bicyclic) bond motifs is 1. The molecule has 0 spiro atoms. The first-order chi connectivity index (χ1) is 5.88. The first-order valence-electron chi connectivity index (χ1n) is 3.85. The molecule has 1 nitrogen and oxygen atoms in total. The number of anilines is 1. The van der Waals surface area contributed by atoms with Crippen molar-refractivity contribution < 1.29 is 0 Å². The van der Waals surface area contributed by atoms with Crippen LogP contribution in [0.2, 0.25) is 0 Å². The summed E-state index contributed by atoms with van der Waals surface area (Å²) in [7, 11) is 0. The molecule has 2 N–H and O–H groups in total. The van der Waals surface area contributed by atoms with E-state index in [-0.39, 0.29) is 0 Å². The molecular weight excluding hydrogens is 146 g/mol. The quantitative estimate of drug-likeness (QED) is 0.452. The van der Waals surface area contributed by atoms with Gasteiger partial charge in [-0.2, -0.15) is 0 Å². The maximum absolute atomic E-state index is 5.79. The molecule has 0 fully saturated rings. The van der Waals surface area contributed by atoms with Crippen molar-refractivity contribution in [3.8, 4) is 0 Å². The van der Waals surface area contributed by atoms with Crippen LogP contribution in [-0.4, -0.2) is 0 Å². The Morgan fingerprint density at radius 1 is 1.25 bits per heavy atom. The van der Waals surface area contributed by atoms with E-state index >= 15 is 0 Å². The van der Waals surface area contributed by atoms with Crippen LogP contribution in [0.25, 0.3) is 12.2 Å². The molecule has 0 unspecified atom stereocenters. The Kier molecular flexibility index (Phi) is 1.58. The van der Waals surface area contributed by atoms with E-state index in [4.69, 9.17) is 5.73 Å². The maximum atomic E-state index is 5.79. The van der Waals surface area contributed by atoms with E-state index in [1.54, 1.807) is 0 Å². The van der Waals surface area contributed by atoms with Gasteiger partial charge in [-0.3, -0.25) is 0 Å². The molecule has 1 heteroatoms.